The van der Waals surface area contributed by atoms with Crippen molar-refractivity contribution in [3.63, 3.8) is 0 Å². The van der Waals surface area contributed by atoms with Gasteiger partial charge in [-0.1, -0.05) is 69.1 Å². The summed E-state index contributed by atoms with van der Waals surface area (Å²) >= 11 is 7.22. The van der Waals surface area contributed by atoms with Gasteiger partial charge in [0.25, 0.3) is 0 Å². The van der Waals surface area contributed by atoms with Crippen LogP contribution in [0.25, 0.3) is 0 Å². The summed E-state index contributed by atoms with van der Waals surface area (Å²) in [7, 11) is 0. The molecule has 0 amide bonds. The average molecular weight is 404 g/mol. The van der Waals surface area contributed by atoms with Crippen LogP contribution in [0.3, 0.4) is 0 Å². The van der Waals surface area contributed by atoms with Gasteiger partial charge in [-0.05, 0) is 24.3 Å². The van der Waals surface area contributed by atoms with Crippen LogP contribution < -0.4 is 4.90 Å². The first-order chi connectivity index (χ1) is 9.58. The summed E-state index contributed by atoms with van der Waals surface area (Å²) in [6.45, 7) is 5.20. The Balaban J connectivity index is 1.88. The van der Waals surface area contributed by atoms with E-state index in [0.29, 0.717) is 12.3 Å². The molecule has 1 fully saturated rings. The topological polar surface area (TPSA) is 21.5 Å². The molecule has 0 bridgehead atoms. The number of quaternary nitrogens is 1. The third-order valence-electron chi connectivity index (χ3n) is 4.09. The Kier molecular flexibility index (Phi) is 6.24. The summed E-state index contributed by atoms with van der Waals surface area (Å²) in [6.07, 6.45) is 2.48. The highest BCUT2D eigenvalue weighted by molar-refractivity contribution is 9.12. The van der Waals surface area contributed by atoms with Gasteiger partial charge in [-0.25, -0.2) is 0 Å². The fourth-order valence-corrected chi connectivity index (χ4v) is 3.73. The van der Waals surface area contributed by atoms with Crippen molar-refractivity contribution in [2.24, 2.45) is 5.92 Å². The monoisotopic (exact) mass is 402 g/mol. The zero-order chi connectivity index (χ0) is 14.5. The molecule has 0 aliphatic carbocycles. The lowest BCUT2D eigenvalue weighted by Gasteiger charge is -2.27. The Morgan fingerprint density at radius 2 is 1.85 bits per heavy atom. The van der Waals surface area contributed by atoms with Crippen LogP contribution in [-0.2, 0) is 4.79 Å². The molecule has 1 aliphatic heterocycles. The molecule has 1 saturated heterocycles. The van der Waals surface area contributed by atoms with E-state index in [1.165, 1.54) is 17.7 Å². The standard InChI is InChI=1S/C16H21Br2NO/c1-12-7-9-19(10-8-12)11-14(20)16(18)15(17)13-5-3-2-4-6-13/h2-6,12,15-16H,7-11H2,1H3/p+1/t15-,16+/m1/s1. The van der Waals surface area contributed by atoms with Gasteiger partial charge < -0.3 is 4.90 Å². The number of carbonyl (C=O) groups is 1. The second kappa shape index (κ2) is 7.71. The number of nitrogens with one attached hydrogen (secondary N) is 1. The van der Waals surface area contributed by atoms with Crippen molar-refractivity contribution < 1.29 is 9.69 Å². The molecule has 0 radical (unpaired) electrons. The highest BCUT2D eigenvalue weighted by Crippen LogP contribution is 2.31. The van der Waals surface area contributed by atoms with Gasteiger partial charge in [0.2, 0.25) is 5.78 Å². The lowest BCUT2D eigenvalue weighted by atomic mass is 9.99. The summed E-state index contributed by atoms with van der Waals surface area (Å²) in [6, 6.07) is 10.1. The molecule has 1 heterocycles. The van der Waals surface area contributed by atoms with Crippen molar-refractivity contribution in [2.75, 3.05) is 19.6 Å². The molecule has 1 aliphatic rings. The Morgan fingerprint density at radius 1 is 1.25 bits per heavy atom. The SMILES string of the molecule is CC1CC[NH+](CC(=O)[C@H](Br)[C@H](Br)c2ccccc2)CC1. The number of rotatable bonds is 5. The predicted molar refractivity (Wildman–Crippen MR) is 89.8 cm³/mol. The molecule has 1 aromatic rings. The maximum Gasteiger partial charge on any atom is 0.201 e. The maximum atomic E-state index is 12.4. The first-order valence-corrected chi connectivity index (χ1v) is 9.10. The van der Waals surface area contributed by atoms with Gasteiger partial charge in [-0.2, -0.15) is 0 Å². The summed E-state index contributed by atoms with van der Waals surface area (Å²) in [5.74, 6) is 1.11. The van der Waals surface area contributed by atoms with Gasteiger partial charge in [0.15, 0.2) is 0 Å². The van der Waals surface area contributed by atoms with Gasteiger partial charge in [0, 0.05) is 0 Å². The third kappa shape index (κ3) is 4.40. The van der Waals surface area contributed by atoms with E-state index in [0.717, 1.165) is 24.6 Å². The van der Waals surface area contributed by atoms with Crippen molar-refractivity contribution in [3.8, 4) is 0 Å². The molecule has 2 atom stereocenters. The van der Waals surface area contributed by atoms with Crippen LogP contribution >= 0.6 is 31.9 Å². The number of carbonyl (C=O) groups excluding carboxylic acids is 1. The molecule has 4 heteroatoms. The smallest absolute Gasteiger partial charge is 0.201 e. The van der Waals surface area contributed by atoms with E-state index in [-0.39, 0.29) is 9.65 Å². The average Bonchev–Trinajstić information content (AvgIpc) is 2.49. The molecular formula is C16H22Br2NO+. The minimum Gasteiger partial charge on any atom is -0.329 e. The number of hydrogen-bond donors (Lipinski definition) is 1. The van der Waals surface area contributed by atoms with Gasteiger partial charge in [0.1, 0.15) is 6.54 Å². The van der Waals surface area contributed by atoms with Gasteiger partial charge in [0.05, 0.1) is 22.7 Å². The van der Waals surface area contributed by atoms with Crippen LogP contribution in [-0.4, -0.2) is 30.2 Å². The molecule has 0 spiro atoms. The Labute approximate surface area is 138 Å². The van der Waals surface area contributed by atoms with Crippen LogP contribution in [0.5, 0.6) is 0 Å². The summed E-state index contributed by atoms with van der Waals surface area (Å²) in [5.41, 5.74) is 1.14. The highest BCUT2D eigenvalue weighted by atomic mass is 79.9. The number of Topliss-reactive ketones (excluding diaryl/α,β-unsaturated/α-hetero) is 1. The van der Waals surface area contributed by atoms with Crippen LogP contribution in [0.4, 0.5) is 0 Å². The minimum absolute atomic E-state index is 0.0410. The van der Waals surface area contributed by atoms with Gasteiger partial charge in [-0.3, -0.25) is 4.79 Å². The van der Waals surface area contributed by atoms with Crippen LogP contribution in [0.15, 0.2) is 30.3 Å². The Bertz CT molecular complexity index is 429. The van der Waals surface area contributed by atoms with Gasteiger partial charge in [-0.15, -0.1) is 0 Å². The fourth-order valence-electron chi connectivity index (χ4n) is 2.66. The van der Waals surface area contributed by atoms with Crippen molar-refractivity contribution >= 4 is 37.6 Å². The van der Waals surface area contributed by atoms with Gasteiger partial charge >= 0.3 is 0 Å². The van der Waals surface area contributed by atoms with Crippen molar-refractivity contribution in [3.05, 3.63) is 35.9 Å². The zero-order valence-electron chi connectivity index (χ0n) is 11.8. The van der Waals surface area contributed by atoms with Crippen LogP contribution in [0, 0.1) is 5.92 Å². The summed E-state index contributed by atoms with van der Waals surface area (Å²) < 4.78 is 0. The first kappa shape index (κ1) is 16.2. The predicted octanol–water partition coefficient (Wildman–Crippen LogP) is 2.77. The van der Waals surface area contributed by atoms with Crippen molar-refractivity contribution in [2.45, 2.75) is 29.4 Å². The highest BCUT2D eigenvalue weighted by Gasteiger charge is 2.29. The number of likely N-dealkylation sites (tertiary alicyclic amines) is 1. The second-order valence-electron chi connectivity index (χ2n) is 5.79. The summed E-state index contributed by atoms with van der Waals surface area (Å²) in [4.78, 5) is 13.7. The normalized spacial score (nSPS) is 25.9. The van der Waals surface area contributed by atoms with E-state index in [2.05, 4.69) is 50.9 Å². The number of halogens is 2. The molecule has 2 nitrogen and oxygen atoms in total. The van der Waals surface area contributed by atoms with E-state index in [1.807, 2.05) is 18.2 Å². The van der Waals surface area contributed by atoms with Crippen LogP contribution in [0.1, 0.15) is 30.2 Å². The Hall–Kier alpha value is -0.190. The largest absolute Gasteiger partial charge is 0.329 e. The lowest BCUT2D eigenvalue weighted by Crippen LogP contribution is -3.14. The quantitative estimate of drug-likeness (QED) is 0.750. The van der Waals surface area contributed by atoms with Crippen molar-refractivity contribution in [1.29, 1.82) is 0 Å². The number of alkyl halides is 2. The number of piperidine rings is 1. The molecule has 2 rings (SSSR count). The number of hydrogen-bond acceptors (Lipinski definition) is 1. The molecule has 0 unspecified atom stereocenters. The molecular weight excluding hydrogens is 382 g/mol. The lowest BCUT2D eigenvalue weighted by molar-refractivity contribution is -0.898. The molecule has 1 N–H and O–H groups in total. The van der Waals surface area contributed by atoms with Crippen LogP contribution in [0.2, 0.25) is 0 Å². The zero-order valence-corrected chi connectivity index (χ0v) is 15.0. The van der Waals surface area contributed by atoms with E-state index >= 15 is 0 Å². The molecule has 0 saturated carbocycles. The Morgan fingerprint density at radius 3 is 2.45 bits per heavy atom. The minimum atomic E-state index is -0.156. The maximum absolute atomic E-state index is 12.4. The number of ketones is 1. The number of benzene rings is 1. The van der Waals surface area contributed by atoms with Crippen molar-refractivity contribution in [1.82, 2.24) is 0 Å². The molecule has 20 heavy (non-hydrogen) atoms. The van der Waals surface area contributed by atoms with E-state index in [9.17, 15) is 4.79 Å². The second-order valence-corrected chi connectivity index (χ2v) is 7.76. The molecule has 1 aromatic carbocycles. The summed E-state index contributed by atoms with van der Waals surface area (Å²) in [5, 5.41) is 0. The van der Waals surface area contributed by atoms with E-state index in [1.54, 1.807) is 0 Å². The first-order valence-electron chi connectivity index (χ1n) is 7.27. The third-order valence-corrected chi connectivity index (χ3v) is 6.89. The van der Waals surface area contributed by atoms with E-state index < -0.39 is 0 Å². The van der Waals surface area contributed by atoms with E-state index in [4.69, 9.17) is 0 Å². The molecule has 110 valence electrons. The molecule has 0 aromatic heterocycles. The fraction of sp³-hybridized carbons (Fsp3) is 0.562.